The normalized spacial score (nSPS) is 25.1. The van der Waals surface area contributed by atoms with Gasteiger partial charge in [-0.25, -0.2) is 0 Å². The first kappa shape index (κ1) is 15.3. The number of benzene rings is 1. The van der Waals surface area contributed by atoms with Crippen molar-refractivity contribution in [1.29, 1.82) is 5.26 Å². The fourth-order valence-electron chi connectivity index (χ4n) is 2.95. The number of nitrogens with one attached hydrogen (secondary N) is 1. The van der Waals surface area contributed by atoms with Crippen LogP contribution in [0.2, 0.25) is 0 Å². The Hall–Kier alpha value is -2.13. The highest BCUT2D eigenvalue weighted by molar-refractivity contribution is 5.61. The van der Waals surface area contributed by atoms with Crippen LogP contribution in [0, 0.1) is 27.4 Å². The molecule has 21 heavy (non-hydrogen) atoms. The molecule has 0 amide bonds. The van der Waals surface area contributed by atoms with Gasteiger partial charge in [0.2, 0.25) is 0 Å². The maximum Gasteiger partial charge on any atom is 0.270 e. The average Bonchev–Trinajstić information content (AvgIpc) is 2.44. The Morgan fingerprint density at radius 2 is 2.38 bits per heavy atom. The van der Waals surface area contributed by atoms with Crippen molar-refractivity contribution in [2.24, 2.45) is 5.92 Å². The Morgan fingerprint density at radius 1 is 1.62 bits per heavy atom. The van der Waals surface area contributed by atoms with Crippen LogP contribution >= 0.6 is 0 Å². The second-order valence-corrected chi connectivity index (χ2v) is 5.88. The topological polar surface area (TPSA) is 99.2 Å². The molecular weight excluding hydrogens is 270 g/mol. The van der Waals surface area contributed by atoms with Gasteiger partial charge in [-0.2, -0.15) is 5.26 Å². The molecule has 2 unspecified atom stereocenters. The van der Waals surface area contributed by atoms with E-state index in [1.54, 1.807) is 0 Å². The first-order valence-corrected chi connectivity index (χ1v) is 7.08. The fraction of sp³-hybridized carbons (Fsp3) is 0.533. The maximum atomic E-state index is 10.7. The highest BCUT2D eigenvalue weighted by atomic mass is 16.6. The Morgan fingerprint density at radius 3 is 3.00 bits per heavy atom. The van der Waals surface area contributed by atoms with Gasteiger partial charge >= 0.3 is 0 Å². The van der Waals surface area contributed by atoms with Crippen molar-refractivity contribution in [3.05, 3.63) is 33.9 Å². The van der Waals surface area contributed by atoms with E-state index in [0.29, 0.717) is 18.2 Å². The van der Waals surface area contributed by atoms with Crippen LogP contribution in [0.4, 0.5) is 11.4 Å². The second kappa shape index (κ2) is 6.10. The third-order valence-electron chi connectivity index (χ3n) is 4.01. The Balaban J connectivity index is 2.09. The summed E-state index contributed by atoms with van der Waals surface area (Å²) in [5.74, 6) is 0.484. The molecule has 1 fully saturated rings. The van der Waals surface area contributed by atoms with Gasteiger partial charge in [0, 0.05) is 18.7 Å². The first-order chi connectivity index (χ1) is 9.93. The zero-order valence-corrected chi connectivity index (χ0v) is 12.0. The lowest BCUT2D eigenvalue weighted by molar-refractivity contribution is -0.384. The van der Waals surface area contributed by atoms with Gasteiger partial charge in [-0.15, -0.1) is 0 Å². The van der Waals surface area contributed by atoms with Gasteiger partial charge in [0.05, 0.1) is 21.8 Å². The summed E-state index contributed by atoms with van der Waals surface area (Å²) in [5, 5.41) is 33.4. The van der Waals surface area contributed by atoms with Gasteiger partial charge in [-0.05, 0) is 24.8 Å². The zero-order valence-electron chi connectivity index (χ0n) is 12.0. The van der Waals surface area contributed by atoms with Crippen LogP contribution in [0.1, 0.15) is 38.2 Å². The maximum absolute atomic E-state index is 10.7. The first-order valence-electron chi connectivity index (χ1n) is 7.08. The summed E-state index contributed by atoms with van der Waals surface area (Å²) in [7, 11) is 0. The second-order valence-electron chi connectivity index (χ2n) is 5.88. The number of nitro benzene ring substituents is 1. The molecule has 6 nitrogen and oxygen atoms in total. The van der Waals surface area contributed by atoms with E-state index >= 15 is 0 Å². The number of nitro groups is 1. The zero-order chi connectivity index (χ0) is 15.5. The standard InChI is InChI=1S/C15H19N3O3/c1-11-3-2-6-15(19,8-11)10-17-14-5-4-13(18(20)21)7-12(14)9-16/h4-5,7,11,17,19H,2-3,6,8,10H2,1H3. The monoisotopic (exact) mass is 289 g/mol. The molecule has 1 saturated carbocycles. The summed E-state index contributed by atoms with van der Waals surface area (Å²) in [4.78, 5) is 10.2. The molecule has 112 valence electrons. The number of nitriles is 1. The molecule has 2 N–H and O–H groups in total. The predicted octanol–water partition coefficient (Wildman–Crippen LogP) is 2.82. The number of aliphatic hydroxyl groups is 1. The lowest BCUT2D eigenvalue weighted by Gasteiger charge is -2.36. The largest absolute Gasteiger partial charge is 0.388 e. The SMILES string of the molecule is CC1CCCC(O)(CNc2ccc([N+](=O)[O-])cc2C#N)C1. The molecule has 6 heteroatoms. The van der Waals surface area contributed by atoms with Crippen LogP contribution in [-0.4, -0.2) is 22.2 Å². The average molecular weight is 289 g/mol. The lowest BCUT2D eigenvalue weighted by atomic mass is 9.79. The van der Waals surface area contributed by atoms with Crippen LogP contribution in [0.15, 0.2) is 18.2 Å². The van der Waals surface area contributed by atoms with Gasteiger partial charge in [-0.1, -0.05) is 19.8 Å². The number of non-ortho nitro benzene ring substituents is 1. The Bertz CT molecular complexity index is 582. The molecule has 2 atom stereocenters. The van der Waals surface area contributed by atoms with Crippen molar-refractivity contribution < 1.29 is 10.0 Å². The van der Waals surface area contributed by atoms with Gasteiger partial charge in [0.1, 0.15) is 6.07 Å². The van der Waals surface area contributed by atoms with Gasteiger partial charge in [0.15, 0.2) is 0 Å². The third-order valence-corrected chi connectivity index (χ3v) is 4.01. The van der Waals surface area contributed by atoms with Crippen molar-refractivity contribution >= 4 is 11.4 Å². The van der Waals surface area contributed by atoms with Crippen LogP contribution in [0.3, 0.4) is 0 Å². The minimum Gasteiger partial charge on any atom is -0.388 e. The van der Waals surface area contributed by atoms with Crippen molar-refractivity contribution in [3.8, 4) is 6.07 Å². The quantitative estimate of drug-likeness (QED) is 0.656. The minimum absolute atomic E-state index is 0.109. The molecule has 2 rings (SSSR count). The molecule has 1 aliphatic rings. The van der Waals surface area contributed by atoms with Crippen molar-refractivity contribution in [2.45, 2.75) is 38.2 Å². The van der Waals surface area contributed by atoms with Crippen LogP contribution < -0.4 is 5.32 Å². The van der Waals surface area contributed by atoms with Gasteiger partial charge in [0.25, 0.3) is 5.69 Å². The summed E-state index contributed by atoms with van der Waals surface area (Å²) in [5.41, 5.74) is -0.139. The molecular formula is C15H19N3O3. The minimum atomic E-state index is -0.772. The Kier molecular flexibility index (Phi) is 4.43. The molecule has 1 aliphatic carbocycles. The molecule has 0 aromatic heterocycles. The number of hydrogen-bond acceptors (Lipinski definition) is 5. The van der Waals surface area contributed by atoms with Gasteiger partial charge in [-0.3, -0.25) is 10.1 Å². The summed E-state index contributed by atoms with van der Waals surface area (Å²) in [6.07, 6.45) is 3.59. The molecule has 0 saturated heterocycles. The van der Waals surface area contributed by atoms with E-state index < -0.39 is 10.5 Å². The summed E-state index contributed by atoms with van der Waals surface area (Å²) >= 11 is 0. The molecule has 1 aromatic carbocycles. The number of nitrogens with zero attached hydrogens (tertiary/aromatic N) is 2. The van der Waals surface area contributed by atoms with E-state index in [1.807, 2.05) is 6.07 Å². The molecule has 0 bridgehead atoms. The molecule has 0 aliphatic heterocycles. The summed E-state index contributed by atoms with van der Waals surface area (Å²) < 4.78 is 0. The molecule has 0 heterocycles. The van der Waals surface area contributed by atoms with Crippen LogP contribution in [0.25, 0.3) is 0 Å². The molecule has 0 radical (unpaired) electrons. The van der Waals surface area contributed by atoms with E-state index in [9.17, 15) is 15.2 Å². The summed E-state index contributed by atoms with van der Waals surface area (Å²) in [6, 6.07) is 6.08. The fourth-order valence-corrected chi connectivity index (χ4v) is 2.95. The molecule has 0 spiro atoms. The summed E-state index contributed by atoms with van der Waals surface area (Å²) in [6.45, 7) is 2.47. The van der Waals surface area contributed by atoms with E-state index in [1.165, 1.54) is 18.2 Å². The van der Waals surface area contributed by atoms with Crippen LogP contribution in [-0.2, 0) is 0 Å². The lowest BCUT2D eigenvalue weighted by Crippen LogP contribution is -2.41. The van der Waals surface area contributed by atoms with Gasteiger partial charge < -0.3 is 10.4 Å². The van der Waals surface area contributed by atoms with Crippen molar-refractivity contribution in [2.75, 3.05) is 11.9 Å². The van der Waals surface area contributed by atoms with E-state index in [0.717, 1.165) is 25.7 Å². The number of rotatable bonds is 4. The number of hydrogen-bond donors (Lipinski definition) is 2. The van der Waals surface area contributed by atoms with Crippen molar-refractivity contribution in [3.63, 3.8) is 0 Å². The predicted molar refractivity (Wildman–Crippen MR) is 78.9 cm³/mol. The van der Waals surface area contributed by atoms with E-state index in [2.05, 4.69) is 12.2 Å². The third kappa shape index (κ3) is 3.70. The van der Waals surface area contributed by atoms with E-state index in [-0.39, 0.29) is 11.3 Å². The highest BCUT2D eigenvalue weighted by Crippen LogP contribution is 2.32. The molecule has 1 aromatic rings. The van der Waals surface area contributed by atoms with E-state index in [4.69, 9.17) is 5.26 Å². The smallest absolute Gasteiger partial charge is 0.270 e. The number of anilines is 1. The highest BCUT2D eigenvalue weighted by Gasteiger charge is 2.32. The Labute approximate surface area is 123 Å². The van der Waals surface area contributed by atoms with Crippen LogP contribution in [0.5, 0.6) is 0 Å². The van der Waals surface area contributed by atoms with Crippen molar-refractivity contribution in [1.82, 2.24) is 0 Å².